The highest BCUT2D eigenvalue weighted by Crippen LogP contribution is 2.72. The first kappa shape index (κ1) is 7.14. The third-order valence-electron chi connectivity index (χ3n) is 3.12. The van der Waals surface area contributed by atoms with Crippen molar-refractivity contribution in [2.24, 2.45) is 10.8 Å². The molecule has 0 aromatic heterocycles. The summed E-state index contributed by atoms with van der Waals surface area (Å²) in [6.07, 6.45) is 4.00. The van der Waals surface area contributed by atoms with Gasteiger partial charge in [-0.15, -0.1) is 0 Å². The van der Waals surface area contributed by atoms with Gasteiger partial charge in [0.15, 0.2) is 0 Å². The smallest absolute Gasteiger partial charge is 0.216 e. The molecule has 0 radical (unpaired) electrons. The van der Waals surface area contributed by atoms with Crippen LogP contribution in [0, 0.1) is 10.8 Å². The quantitative estimate of drug-likeness (QED) is 0.636. The molecule has 0 atom stereocenters. The van der Waals surface area contributed by atoms with Crippen molar-refractivity contribution in [3.05, 3.63) is 0 Å². The van der Waals surface area contributed by atoms with Crippen LogP contribution in [-0.2, 0) is 4.79 Å². The minimum absolute atomic E-state index is 0.111. The van der Waals surface area contributed by atoms with Gasteiger partial charge in [-0.25, -0.2) is 0 Å². The molecule has 3 saturated carbocycles. The minimum Gasteiger partial charge on any atom is -0.356 e. The maximum Gasteiger partial charge on any atom is 0.216 e. The van der Waals surface area contributed by atoms with Crippen molar-refractivity contribution in [3.8, 4) is 0 Å². The monoisotopic (exact) mass is 153 g/mol. The predicted molar refractivity (Wildman–Crippen MR) is 43.1 cm³/mol. The molecule has 0 unspecified atom stereocenters. The fourth-order valence-corrected chi connectivity index (χ4v) is 3.06. The van der Waals surface area contributed by atoms with Crippen LogP contribution in [0.15, 0.2) is 0 Å². The summed E-state index contributed by atoms with van der Waals surface area (Å²) in [5.41, 5.74) is 1.19. The van der Waals surface area contributed by atoms with E-state index in [1.54, 1.807) is 6.92 Å². The molecule has 3 aliphatic rings. The molecule has 0 spiro atoms. The van der Waals surface area contributed by atoms with Crippen LogP contribution in [0.3, 0.4) is 0 Å². The van der Waals surface area contributed by atoms with Gasteiger partial charge in [-0.2, -0.15) is 0 Å². The Morgan fingerprint density at radius 3 is 2.36 bits per heavy atom. The first-order valence-electron chi connectivity index (χ1n) is 4.28. The van der Waals surface area contributed by atoms with E-state index in [0.29, 0.717) is 10.8 Å². The fraction of sp³-hybridized carbons (Fsp3) is 0.889. The highest BCUT2D eigenvalue weighted by molar-refractivity contribution is 5.72. The topological polar surface area (TPSA) is 29.1 Å². The second-order valence-corrected chi connectivity index (χ2v) is 4.75. The third-order valence-corrected chi connectivity index (χ3v) is 3.12. The van der Waals surface area contributed by atoms with Crippen molar-refractivity contribution in [1.29, 1.82) is 0 Å². The molecule has 1 N–H and O–H groups in total. The lowest BCUT2D eigenvalue weighted by Gasteiger charge is -2.70. The molecule has 0 heterocycles. The van der Waals surface area contributed by atoms with Crippen LogP contribution in [0.4, 0.5) is 0 Å². The largest absolute Gasteiger partial charge is 0.356 e. The molecule has 62 valence electrons. The molecular weight excluding hydrogens is 138 g/mol. The molecule has 3 rings (SSSR count). The number of rotatable bonds is 2. The minimum atomic E-state index is 0.111. The van der Waals surface area contributed by atoms with E-state index in [4.69, 9.17) is 0 Å². The van der Waals surface area contributed by atoms with Gasteiger partial charge in [0.25, 0.3) is 0 Å². The molecule has 3 fully saturated rings. The third kappa shape index (κ3) is 0.959. The molecule has 2 heteroatoms. The second kappa shape index (κ2) is 1.79. The summed E-state index contributed by atoms with van der Waals surface area (Å²) < 4.78 is 0. The van der Waals surface area contributed by atoms with Crippen molar-refractivity contribution in [2.75, 3.05) is 6.54 Å². The molecule has 2 bridgehead atoms. The van der Waals surface area contributed by atoms with E-state index in [0.717, 1.165) is 6.54 Å². The maximum atomic E-state index is 10.6. The average Bonchev–Trinajstić information content (AvgIpc) is 1.75. The van der Waals surface area contributed by atoms with E-state index < -0.39 is 0 Å². The summed E-state index contributed by atoms with van der Waals surface area (Å²) in [4.78, 5) is 10.6. The van der Waals surface area contributed by atoms with Crippen LogP contribution in [0.5, 0.6) is 0 Å². The normalized spacial score (nSPS) is 45.6. The lowest BCUT2D eigenvalue weighted by atomic mass is 9.36. The molecule has 1 amide bonds. The van der Waals surface area contributed by atoms with E-state index in [1.807, 2.05) is 0 Å². The molecule has 0 aromatic rings. The van der Waals surface area contributed by atoms with Crippen LogP contribution in [0.1, 0.15) is 33.1 Å². The zero-order valence-corrected chi connectivity index (χ0v) is 7.24. The Bertz CT molecular complexity index is 190. The first-order valence-corrected chi connectivity index (χ1v) is 4.28. The standard InChI is InChI=1S/C9H15NO/c1-7(11)10-6-9-3-8(2,4-9)5-9/h3-6H2,1-2H3,(H,10,11). The second-order valence-electron chi connectivity index (χ2n) is 4.75. The van der Waals surface area contributed by atoms with Crippen molar-refractivity contribution in [2.45, 2.75) is 33.1 Å². The summed E-state index contributed by atoms with van der Waals surface area (Å²) in [6, 6.07) is 0. The van der Waals surface area contributed by atoms with E-state index in [2.05, 4.69) is 12.2 Å². The summed E-state index contributed by atoms with van der Waals surface area (Å²) in [5, 5.41) is 2.90. The van der Waals surface area contributed by atoms with Crippen molar-refractivity contribution < 1.29 is 4.79 Å². The van der Waals surface area contributed by atoms with Crippen LogP contribution >= 0.6 is 0 Å². The predicted octanol–water partition coefficient (Wildman–Crippen LogP) is 1.31. The number of amides is 1. The molecule has 0 saturated heterocycles. The Kier molecular flexibility index (Phi) is 1.16. The van der Waals surface area contributed by atoms with Crippen LogP contribution in [0.2, 0.25) is 0 Å². The lowest BCUT2D eigenvalue weighted by molar-refractivity contribution is -0.187. The van der Waals surface area contributed by atoms with Crippen molar-refractivity contribution in [3.63, 3.8) is 0 Å². The number of carbonyl (C=O) groups excluding carboxylic acids is 1. The number of hydrogen-bond acceptors (Lipinski definition) is 1. The Hall–Kier alpha value is -0.530. The first-order chi connectivity index (χ1) is 5.04. The highest BCUT2D eigenvalue weighted by Gasteiger charge is 2.64. The Morgan fingerprint density at radius 1 is 1.45 bits per heavy atom. The van der Waals surface area contributed by atoms with Gasteiger partial charge in [0.2, 0.25) is 5.91 Å². The Labute approximate surface area is 67.4 Å². The van der Waals surface area contributed by atoms with E-state index in [1.165, 1.54) is 19.3 Å². The van der Waals surface area contributed by atoms with Gasteiger partial charge in [-0.3, -0.25) is 4.79 Å². The van der Waals surface area contributed by atoms with Gasteiger partial charge in [0.05, 0.1) is 0 Å². The van der Waals surface area contributed by atoms with E-state index >= 15 is 0 Å². The van der Waals surface area contributed by atoms with Gasteiger partial charge in [-0.05, 0) is 30.1 Å². The van der Waals surface area contributed by atoms with Crippen molar-refractivity contribution in [1.82, 2.24) is 5.32 Å². The fourth-order valence-electron chi connectivity index (χ4n) is 3.06. The summed E-state index contributed by atoms with van der Waals surface area (Å²) in [7, 11) is 0. The number of nitrogens with one attached hydrogen (secondary N) is 1. The van der Waals surface area contributed by atoms with E-state index in [-0.39, 0.29) is 5.91 Å². The van der Waals surface area contributed by atoms with Gasteiger partial charge in [0.1, 0.15) is 0 Å². The van der Waals surface area contributed by atoms with Gasteiger partial charge in [0, 0.05) is 13.5 Å². The molecule has 11 heavy (non-hydrogen) atoms. The SMILES string of the molecule is CC(=O)NCC12CC(C)(C1)C2. The molecule has 3 aliphatic carbocycles. The zero-order chi connectivity index (χ0) is 8.11. The molecular formula is C9H15NO. The number of hydrogen-bond donors (Lipinski definition) is 1. The number of carbonyl (C=O) groups is 1. The lowest BCUT2D eigenvalue weighted by Crippen LogP contribution is -2.64. The van der Waals surface area contributed by atoms with Crippen LogP contribution < -0.4 is 5.32 Å². The summed E-state index contributed by atoms with van der Waals surface area (Å²) in [5.74, 6) is 0.111. The summed E-state index contributed by atoms with van der Waals surface area (Å²) >= 11 is 0. The van der Waals surface area contributed by atoms with Gasteiger partial charge < -0.3 is 5.32 Å². The van der Waals surface area contributed by atoms with Gasteiger partial charge >= 0.3 is 0 Å². The Morgan fingerprint density at radius 2 is 2.00 bits per heavy atom. The molecule has 0 aliphatic heterocycles. The van der Waals surface area contributed by atoms with Crippen LogP contribution in [0.25, 0.3) is 0 Å². The average molecular weight is 153 g/mol. The van der Waals surface area contributed by atoms with Crippen LogP contribution in [-0.4, -0.2) is 12.5 Å². The van der Waals surface area contributed by atoms with Gasteiger partial charge in [-0.1, -0.05) is 6.92 Å². The highest BCUT2D eigenvalue weighted by atomic mass is 16.1. The molecule has 0 aromatic carbocycles. The molecule has 2 nitrogen and oxygen atoms in total. The van der Waals surface area contributed by atoms with E-state index in [9.17, 15) is 4.79 Å². The maximum absolute atomic E-state index is 10.6. The van der Waals surface area contributed by atoms with Crippen molar-refractivity contribution >= 4 is 5.91 Å². The summed E-state index contributed by atoms with van der Waals surface area (Å²) in [6.45, 7) is 4.84. The zero-order valence-electron chi connectivity index (χ0n) is 7.24. The Balaban J connectivity index is 1.78.